The Bertz CT molecular complexity index is 1020. The van der Waals surface area contributed by atoms with Crippen LogP contribution < -0.4 is 5.32 Å². The fourth-order valence-electron chi connectivity index (χ4n) is 2.43. The first-order chi connectivity index (χ1) is 11.7. The monoisotopic (exact) mass is 382 g/mol. The van der Waals surface area contributed by atoms with Crippen molar-refractivity contribution in [1.82, 2.24) is 15.0 Å². The van der Waals surface area contributed by atoms with E-state index in [9.17, 15) is 4.79 Å². The number of carbonyl (C=O) groups excluding carboxylic acids is 1. The number of furan rings is 1. The summed E-state index contributed by atoms with van der Waals surface area (Å²) in [7, 11) is 0. The number of aromatic nitrogens is 3. The van der Waals surface area contributed by atoms with Gasteiger partial charge in [0.15, 0.2) is 5.76 Å². The second-order valence-corrected chi connectivity index (χ2v) is 6.03. The summed E-state index contributed by atoms with van der Waals surface area (Å²) in [5, 5.41) is 11.5. The van der Waals surface area contributed by atoms with Crippen LogP contribution in [0.2, 0.25) is 0 Å². The molecule has 0 bridgehead atoms. The molecule has 0 saturated heterocycles. The number of carbonyl (C=O) groups is 1. The summed E-state index contributed by atoms with van der Waals surface area (Å²) >= 11 is 3.41. The number of fused-ring (bicyclic) bond motifs is 1. The lowest BCUT2D eigenvalue weighted by Crippen LogP contribution is -2.13. The molecule has 0 spiro atoms. The van der Waals surface area contributed by atoms with Gasteiger partial charge in [0.1, 0.15) is 5.58 Å². The third-order valence-electron chi connectivity index (χ3n) is 3.52. The van der Waals surface area contributed by atoms with Crippen LogP contribution in [0.3, 0.4) is 0 Å². The van der Waals surface area contributed by atoms with E-state index in [4.69, 9.17) is 4.42 Å². The number of para-hydroxylation sites is 2. The van der Waals surface area contributed by atoms with Crippen molar-refractivity contribution >= 4 is 38.5 Å². The molecule has 0 radical (unpaired) electrons. The highest BCUT2D eigenvalue weighted by atomic mass is 79.9. The summed E-state index contributed by atoms with van der Waals surface area (Å²) in [5.41, 5.74) is 2.00. The molecular weight excluding hydrogens is 372 g/mol. The average Bonchev–Trinajstić information content (AvgIpc) is 3.24. The largest absolute Gasteiger partial charge is 0.451 e. The molecular formula is C17H11BrN4O2. The summed E-state index contributed by atoms with van der Waals surface area (Å²) < 4.78 is 8.14. The van der Waals surface area contributed by atoms with Crippen molar-refractivity contribution in [2.45, 2.75) is 0 Å². The maximum atomic E-state index is 12.5. The summed E-state index contributed by atoms with van der Waals surface area (Å²) in [4.78, 5) is 12.5. The van der Waals surface area contributed by atoms with Gasteiger partial charge in [0, 0.05) is 9.86 Å². The van der Waals surface area contributed by atoms with Gasteiger partial charge in [-0.05, 0) is 36.4 Å². The summed E-state index contributed by atoms with van der Waals surface area (Å²) in [6.45, 7) is 0. The molecule has 1 amide bonds. The van der Waals surface area contributed by atoms with Crippen LogP contribution >= 0.6 is 15.9 Å². The lowest BCUT2D eigenvalue weighted by Gasteiger charge is -2.09. The fourth-order valence-corrected chi connectivity index (χ4v) is 2.80. The van der Waals surface area contributed by atoms with Crippen LogP contribution in [-0.2, 0) is 0 Å². The number of amides is 1. The van der Waals surface area contributed by atoms with Crippen LogP contribution in [0.25, 0.3) is 16.7 Å². The number of nitrogens with zero attached hydrogens (tertiary/aromatic N) is 3. The van der Waals surface area contributed by atoms with E-state index in [1.54, 1.807) is 29.2 Å². The van der Waals surface area contributed by atoms with Crippen LogP contribution in [0, 0.1) is 0 Å². The highest BCUT2D eigenvalue weighted by Crippen LogP contribution is 2.25. The molecule has 1 N–H and O–H groups in total. The molecule has 0 atom stereocenters. The molecule has 4 aromatic rings. The highest BCUT2D eigenvalue weighted by Gasteiger charge is 2.15. The van der Waals surface area contributed by atoms with E-state index in [1.807, 2.05) is 36.4 Å². The number of halogens is 1. The molecule has 0 fully saturated rings. The van der Waals surface area contributed by atoms with Gasteiger partial charge >= 0.3 is 0 Å². The zero-order valence-corrected chi connectivity index (χ0v) is 13.9. The van der Waals surface area contributed by atoms with Crippen LogP contribution in [0.5, 0.6) is 0 Å². The maximum absolute atomic E-state index is 12.5. The predicted molar refractivity (Wildman–Crippen MR) is 93.2 cm³/mol. The molecule has 2 aromatic heterocycles. The number of hydrogen-bond donors (Lipinski definition) is 1. The Kier molecular flexibility index (Phi) is 3.62. The number of hydrogen-bond acceptors (Lipinski definition) is 4. The Morgan fingerprint density at radius 1 is 1.17 bits per heavy atom. The SMILES string of the molecule is O=C(Nc1ccccc1-n1ccnn1)c1cc2cc(Br)ccc2o1. The van der Waals surface area contributed by atoms with Crippen LogP contribution in [0.15, 0.2) is 69.8 Å². The van der Waals surface area contributed by atoms with Crippen molar-refractivity contribution in [3.8, 4) is 5.69 Å². The Labute approximate surface area is 145 Å². The summed E-state index contributed by atoms with van der Waals surface area (Å²) in [6, 6.07) is 14.7. The molecule has 0 saturated carbocycles. The van der Waals surface area contributed by atoms with Gasteiger partial charge in [0.25, 0.3) is 5.91 Å². The van der Waals surface area contributed by atoms with E-state index in [2.05, 4.69) is 31.6 Å². The molecule has 0 aliphatic rings. The molecule has 2 heterocycles. The molecule has 6 nitrogen and oxygen atoms in total. The molecule has 0 aliphatic carbocycles. The number of benzene rings is 2. The smallest absolute Gasteiger partial charge is 0.291 e. The minimum absolute atomic E-state index is 0.247. The first-order valence-corrected chi connectivity index (χ1v) is 7.96. The molecule has 118 valence electrons. The average molecular weight is 383 g/mol. The van der Waals surface area contributed by atoms with E-state index in [0.717, 1.165) is 15.5 Å². The zero-order valence-electron chi connectivity index (χ0n) is 12.3. The third kappa shape index (κ3) is 2.69. The van der Waals surface area contributed by atoms with Gasteiger partial charge in [-0.2, -0.15) is 0 Å². The molecule has 24 heavy (non-hydrogen) atoms. The topological polar surface area (TPSA) is 73.0 Å². The van der Waals surface area contributed by atoms with Gasteiger partial charge in [-0.1, -0.05) is 33.3 Å². The third-order valence-corrected chi connectivity index (χ3v) is 4.02. The minimum Gasteiger partial charge on any atom is -0.451 e. The first kappa shape index (κ1) is 14.6. The summed E-state index contributed by atoms with van der Waals surface area (Å²) in [5.74, 6) is -0.0774. The Hall–Kier alpha value is -2.93. The molecule has 0 aliphatic heterocycles. The zero-order chi connectivity index (χ0) is 16.5. The highest BCUT2D eigenvalue weighted by molar-refractivity contribution is 9.10. The quantitative estimate of drug-likeness (QED) is 0.580. The Morgan fingerprint density at radius 3 is 2.88 bits per heavy atom. The molecule has 2 aromatic carbocycles. The van der Waals surface area contributed by atoms with E-state index < -0.39 is 0 Å². The Morgan fingerprint density at radius 2 is 2.04 bits per heavy atom. The lowest BCUT2D eigenvalue weighted by molar-refractivity contribution is 0.0998. The number of rotatable bonds is 3. The normalized spacial score (nSPS) is 10.9. The van der Waals surface area contributed by atoms with E-state index >= 15 is 0 Å². The molecule has 7 heteroatoms. The molecule has 4 rings (SSSR count). The Balaban J connectivity index is 1.66. The van der Waals surface area contributed by atoms with Crippen molar-refractivity contribution in [2.24, 2.45) is 0 Å². The van der Waals surface area contributed by atoms with Crippen molar-refractivity contribution in [3.05, 3.63) is 71.2 Å². The van der Waals surface area contributed by atoms with Crippen molar-refractivity contribution in [3.63, 3.8) is 0 Å². The second-order valence-electron chi connectivity index (χ2n) is 5.11. The second kappa shape index (κ2) is 5.93. The summed E-state index contributed by atoms with van der Waals surface area (Å²) in [6.07, 6.45) is 3.29. The standard InChI is InChI=1S/C17H11BrN4O2/c18-12-5-6-15-11(9-12)10-16(24-15)17(23)20-13-3-1-2-4-14(13)22-8-7-19-21-22/h1-10H,(H,20,23). The predicted octanol–water partition coefficient (Wildman–Crippen LogP) is 4.03. The van der Waals surface area contributed by atoms with Gasteiger partial charge in [0.05, 0.1) is 23.8 Å². The van der Waals surface area contributed by atoms with Crippen LogP contribution in [0.1, 0.15) is 10.6 Å². The number of anilines is 1. The molecule has 0 unspecified atom stereocenters. The van der Waals surface area contributed by atoms with Crippen molar-refractivity contribution in [2.75, 3.05) is 5.32 Å². The van der Waals surface area contributed by atoms with Crippen molar-refractivity contribution < 1.29 is 9.21 Å². The first-order valence-electron chi connectivity index (χ1n) is 7.17. The number of nitrogens with one attached hydrogen (secondary N) is 1. The van der Waals surface area contributed by atoms with Gasteiger partial charge in [-0.25, -0.2) is 4.68 Å². The van der Waals surface area contributed by atoms with Gasteiger partial charge in [0.2, 0.25) is 0 Å². The fraction of sp³-hybridized carbons (Fsp3) is 0. The van der Waals surface area contributed by atoms with E-state index in [0.29, 0.717) is 11.3 Å². The maximum Gasteiger partial charge on any atom is 0.291 e. The van der Waals surface area contributed by atoms with E-state index in [1.165, 1.54) is 0 Å². The minimum atomic E-state index is -0.324. The van der Waals surface area contributed by atoms with Crippen LogP contribution in [0.4, 0.5) is 5.69 Å². The van der Waals surface area contributed by atoms with E-state index in [-0.39, 0.29) is 11.7 Å². The van der Waals surface area contributed by atoms with Gasteiger partial charge in [-0.3, -0.25) is 4.79 Å². The van der Waals surface area contributed by atoms with Gasteiger partial charge in [-0.15, -0.1) is 5.10 Å². The lowest BCUT2D eigenvalue weighted by atomic mass is 10.2. The van der Waals surface area contributed by atoms with Crippen molar-refractivity contribution in [1.29, 1.82) is 0 Å². The van der Waals surface area contributed by atoms with Crippen LogP contribution in [-0.4, -0.2) is 20.9 Å². The van der Waals surface area contributed by atoms with Gasteiger partial charge < -0.3 is 9.73 Å².